The van der Waals surface area contributed by atoms with Crippen LogP contribution in [0.5, 0.6) is 17.2 Å². The lowest BCUT2D eigenvalue weighted by Gasteiger charge is -2.28. The summed E-state index contributed by atoms with van der Waals surface area (Å²) in [4.78, 5) is 12.2. The summed E-state index contributed by atoms with van der Waals surface area (Å²) >= 11 is 0. The zero-order chi connectivity index (χ0) is 22.0. The normalized spacial score (nSPS) is 11.2. The van der Waals surface area contributed by atoms with E-state index in [-0.39, 0.29) is 22.8 Å². The molecule has 31 heavy (non-hydrogen) atoms. The number of hydrogen-bond donors (Lipinski definition) is 4. The summed E-state index contributed by atoms with van der Waals surface area (Å²) < 4.78 is 0. The Morgan fingerprint density at radius 1 is 0.548 bits per heavy atom. The van der Waals surface area contributed by atoms with Crippen LogP contribution in [-0.4, -0.2) is 26.4 Å². The van der Waals surface area contributed by atoms with E-state index in [2.05, 4.69) is 0 Å². The van der Waals surface area contributed by atoms with E-state index in [1.807, 2.05) is 6.07 Å². The number of carboxylic acids is 1. The lowest BCUT2D eigenvalue weighted by atomic mass is 10.2. The molecule has 0 amide bonds. The molecule has 0 bridgehead atoms. The maximum Gasteiger partial charge on any atom is 0.339 e. The highest BCUT2D eigenvalue weighted by molar-refractivity contribution is 8.01. The molecule has 154 valence electrons. The summed E-state index contributed by atoms with van der Waals surface area (Å²) in [6.45, 7) is 0. The van der Waals surface area contributed by atoms with E-state index in [9.17, 15) is 25.2 Å². The van der Waals surface area contributed by atoms with Gasteiger partial charge in [-0.05, 0) is 84.9 Å². The fourth-order valence-corrected chi connectivity index (χ4v) is 8.20. The number of benzene rings is 4. The van der Waals surface area contributed by atoms with Gasteiger partial charge in [0.1, 0.15) is 51.3 Å². The number of hydrogen-bond acceptors (Lipinski definition) is 4. The highest BCUT2D eigenvalue weighted by atomic mass is 31.2. The van der Waals surface area contributed by atoms with Crippen LogP contribution in [0.3, 0.4) is 0 Å². The van der Waals surface area contributed by atoms with E-state index in [1.54, 1.807) is 91.0 Å². The summed E-state index contributed by atoms with van der Waals surface area (Å²) in [5.41, 5.74) is 0.171. The van der Waals surface area contributed by atoms with Crippen molar-refractivity contribution in [2.45, 2.75) is 0 Å². The van der Waals surface area contributed by atoms with Crippen LogP contribution >= 0.6 is 7.26 Å². The average molecular weight is 431 g/mol. The number of carboxylic acid groups (broad SMARTS) is 1. The minimum Gasteiger partial charge on any atom is -0.508 e. The number of aromatic hydroxyl groups is 3. The second-order valence-corrected chi connectivity index (χ2v) is 10.4. The van der Waals surface area contributed by atoms with Crippen LogP contribution in [-0.2, 0) is 0 Å². The molecule has 4 N–H and O–H groups in total. The first-order chi connectivity index (χ1) is 14.9. The Morgan fingerprint density at radius 3 is 1.26 bits per heavy atom. The van der Waals surface area contributed by atoms with Gasteiger partial charge in [0.25, 0.3) is 0 Å². The quantitative estimate of drug-likeness (QED) is 0.364. The third-order valence-corrected chi connectivity index (χ3v) is 9.54. The van der Waals surface area contributed by atoms with Crippen LogP contribution in [0.25, 0.3) is 0 Å². The van der Waals surface area contributed by atoms with Gasteiger partial charge < -0.3 is 20.4 Å². The molecule has 0 unspecified atom stereocenters. The van der Waals surface area contributed by atoms with Crippen molar-refractivity contribution in [1.82, 2.24) is 0 Å². The average Bonchev–Trinajstić information content (AvgIpc) is 2.78. The first-order valence-corrected chi connectivity index (χ1v) is 11.3. The van der Waals surface area contributed by atoms with Crippen LogP contribution in [0.4, 0.5) is 0 Å². The first-order valence-electron chi connectivity index (χ1n) is 9.53. The van der Waals surface area contributed by atoms with Gasteiger partial charge in [-0.2, -0.15) is 0 Å². The van der Waals surface area contributed by atoms with Gasteiger partial charge in [0, 0.05) is 0 Å². The van der Waals surface area contributed by atoms with Gasteiger partial charge in [0.2, 0.25) is 0 Å². The monoisotopic (exact) mass is 431 g/mol. The standard InChI is InChI=1S/C25H19O5P/c26-17-5-11-20(12-6-17)31(21-13-7-18(27)8-14-21,22-15-9-19(28)10-16-22)24-4-2-1-3-23(24)25(29)30/h1-16H,(H3-,26,27,28,29,30)/p+1. The molecule has 5 nitrogen and oxygen atoms in total. The summed E-state index contributed by atoms with van der Waals surface area (Å²) in [6.07, 6.45) is 0. The highest BCUT2D eigenvalue weighted by Gasteiger charge is 2.50. The van der Waals surface area contributed by atoms with E-state index in [1.165, 1.54) is 0 Å². The van der Waals surface area contributed by atoms with Crippen molar-refractivity contribution < 1.29 is 25.2 Å². The van der Waals surface area contributed by atoms with Crippen molar-refractivity contribution in [2.75, 3.05) is 0 Å². The molecule has 4 rings (SSSR count). The van der Waals surface area contributed by atoms with Crippen LogP contribution in [0.15, 0.2) is 97.1 Å². The van der Waals surface area contributed by atoms with Crippen molar-refractivity contribution >= 4 is 34.4 Å². The van der Waals surface area contributed by atoms with Crippen LogP contribution in [0.2, 0.25) is 0 Å². The predicted octanol–water partition coefficient (Wildman–Crippen LogP) is 3.12. The van der Waals surface area contributed by atoms with Crippen molar-refractivity contribution in [3.05, 3.63) is 103 Å². The SMILES string of the molecule is O=C(O)c1ccccc1[P+](c1ccc(O)cc1)(c1ccc(O)cc1)c1ccc(O)cc1. The minimum absolute atomic E-state index is 0.102. The van der Waals surface area contributed by atoms with E-state index in [0.717, 1.165) is 15.9 Å². The van der Waals surface area contributed by atoms with Gasteiger partial charge in [0.05, 0.1) is 0 Å². The van der Waals surface area contributed by atoms with Crippen LogP contribution < -0.4 is 21.2 Å². The van der Waals surface area contributed by atoms with Gasteiger partial charge in [-0.15, -0.1) is 0 Å². The minimum atomic E-state index is -2.77. The molecular formula is C25H20O5P+. The molecule has 0 aliphatic rings. The number of carbonyl (C=O) groups is 1. The zero-order valence-electron chi connectivity index (χ0n) is 16.4. The molecule has 0 aliphatic heterocycles. The Kier molecular flexibility index (Phi) is 5.37. The summed E-state index contributed by atoms with van der Waals surface area (Å²) in [5.74, 6) is -0.740. The molecule has 4 aromatic carbocycles. The van der Waals surface area contributed by atoms with Crippen molar-refractivity contribution in [3.8, 4) is 17.2 Å². The Hall–Kier alpha value is -3.82. The Bertz CT molecular complexity index is 1110. The van der Waals surface area contributed by atoms with E-state index < -0.39 is 13.2 Å². The number of phenolic OH excluding ortho intramolecular Hbond substituents is 3. The molecule has 0 aliphatic carbocycles. The zero-order valence-corrected chi connectivity index (χ0v) is 17.3. The summed E-state index contributed by atoms with van der Waals surface area (Å²) in [7, 11) is -2.77. The molecule has 6 heteroatoms. The third-order valence-electron chi connectivity index (χ3n) is 5.21. The third kappa shape index (κ3) is 3.60. The topological polar surface area (TPSA) is 98.0 Å². The maximum atomic E-state index is 12.2. The number of rotatable bonds is 5. The van der Waals surface area contributed by atoms with Crippen molar-refractivity contribution in [1.29, 1.82) is 0 Å². The first kappa shape index (κ1) is 20.5. The number of aromatic carboxylic acids is 1. The molecule has 0 radical (unpaired) electrons. The molecule has 0 fully saturated rings. The molecule has 0 heterocycles. The molecule has 0 atom stereocenters. The Labute approximate surface area is 179 Å². The Balaban J connectivity index is 2.19. The second-order valence-electron chi connectivity index (χ2n) is 7.04. The van der Waals surface area contributed by atoms with Gasteiger partial charge in [0.15, 0.2) is 0 Å². The van der Waals surface area contributed by atoms with Crippen molar-refractivity contribution in [3.63, 3.8) is 0 Å². The lowest BCUT2D eigenvalue weighted by molar-refractivity contribution is 0.0698. The molecule has 4 aromatic rings. The van der Waals surface area contributed by atoms with E-state index in [4.69, 9.17) is 0 Å². The van der Waals surface area contributed by atoms with Gasteiger partial charge in [-0.1, -0.05) is 12.1 Å². The Morgan fingerprint density at radius 2 is 0.903 bits per heavy atom. The smallest absolute Gasteiger partial charge is 0.339 e. The largest absolute Gasteiger partial charge is 0.508 e. The molecule has 0 saturated heterocycles. The van der Waals surface area contributed by atoms with Gasteiger partial charge in [-0.25, -0.2) is 4.79 Å². The van der Waals surface area contributed by atoms with Crippen molar-refractivity contribution in [2.24, 2.45) is 0 Å². The fourth-order valence-electron chi connectivity index (χ4n) is 3.84. The van der Waals surface area contributed by atoms with Crippen LogP contribution in [0, 0.1) is 0 Å². The molecule has 0 saturated carbocycles. The molecule has 0 aromatic heterocycles. The highest BCUT2D eigenvalue weighted by Crippen LogP contribution is 2.55. The maximum absolute atomic E-state index is 12.2. The summed E-state index contributed by atoms with van der Waals surface area (Å²) in [6, 6.07) is 27.1. The van der Waals surface area contributed by atoms with Gasteiger partial charge >= 0.3 is 5.97 Å². The number of phenols is 3. The second kappa shape index (κ2) is 8.13. The van der Waals surface area contributed by atoms with Gasteiger partial charge in [-0.3, -0.25) is 0 Å². The predicted molar refractivity (Wildman–Crippen MR) is 123 cm³/mol. The summed E-state index contributed by atoms with van der Waals surface area (Å²) in [5, 5.41) is 42.8. The molecular weight excluding hydrogens is 411 g/mol. The van der Waals surface area contributed by atoms with E-state index in [0.29, 0.717) is 5.30 Å². The van der Waals surface area contributed by atoms with Crippen LogP contribution in [0.1, 0.15) is 10.4 Å². The lowest BCUT2D eigenvalue weighted by Crippen LogP contribution is -2.40. The molecule has 0 spiro atoms. The van der Waals surface area contributed by atoms with E-state index >= 15 is 0 Å². The fraction of sp³-hybridized carbons (Fsp3) is 0.